The molecule has 10 atom stereocenters. The van der Waals surface area contributed by atoms with Gasteiger partial charge < -0.3 is 9.80 Å². The van der Waals surface area contributed by atoms with Crippen molar-refractivity contribution in [3.05, 3.63) is 166 Å². The Labute approximate surface area is 446 Å². The molecule has 14 rings (SSSR count). The van der Waals surface area contributed by atoms with Crippen LogP contribution in [0.2, 0.25) is 0 Å². The highest BCUT2D eigenvalue weighted by Gasteiger charge is 2.68. The van der Waals surface area contributed by atoms with E-state index in [1.54, 1.807) is 33.4 Å². The van der Waals surface area contributed by atoms with Crippen molar-refractivity contribution in [3.8, 4) is 0 Å². The number of anilines is 2. The molecule has 388 valence electrons. The molecule has 0 aromatic heterocycles. The second kappa shape index (κ2) is 19.3. The molecular formula is C70H88N4. The van der Waals surface area contributed by atoms with Crippen LogP contribution in [0.25, 0.3) is 0 Å². The first-order valence-electron chi connectivity index (χ1n) is 31.0. The molecule has 0 amide bonds. The third kappa shape index (κ3) is 7.10. The van der Waals surface area contributed by atoms with Crippen LogP contribution < -0.4 is 9.80 Å². The molecule has 5 aromatic carbocycles. The molecule has 5 aliphatic carbocycles. The molecule has 4 nitrogen and oxygen atoms in total. The van der Waals surface area contributed by atoms with Gasteiger partial charge >= 0.3 is 0 Å². The van der Waals surface area contributed by atoms with E-state index in [0.29, 0.717) is 72.0 Å². The Morgan fingerprint density at radius 1 is 0.419 bits per heavy atom. The normalized spacial score (nSPS) is 34.1. The molecule has 0 radical (unpaired) electrons. The molecule has 9 aliphatic rings. The molecule has 7 fully saturated rings. The minimum absolute atomic E-state index is 0.0691. The van der Waals surface area contributed by atoms with E-state index in [-0.39, 0.29) is 11.1 Å². The summed E-state index contributed by atoms with van der Waals surface area (Å²) >= 11 is 0. The number of hydrogen-bond donors (Lipinski definition) is 0. The quantitative estimate of drug-likeness (QED) is 0.146. The van der Waals surface area contributed by atoms with Gasteiger partial charge in [0.15, 0.2) is 0 Å². The molecule has 0 N–H and O–H groups in total. The summed E-state index contributed by atoms with van der Waals surface area (Å²) in [5, 5.41) is 0. The molecule has 0 bridgehead atoms. The summed E-state index contributed by atoms with van der Waals surface area (Å²) in [5.74, 6) is 3.92. The van der Waals surface area contributed by atoms with Crippen LogP contribution in [0, 0.1) is 43.4 Å². The Hall–Kier alpha value is -4.38. The molecule has 2 saturated heterocycles. The van der Waals surface area contributed by atoms with Crippen LogP contribution in [0.3, 0.4) is 0 Å². The van der Waals surface area contributed by atoms with Gasteiger partial charge in [-0.05, 0) is 190 Å². The van der Waals surface area contributed by atoms with Crippen molar-refractivity contribution in [2.24, 2.45) is 29.6 Å². The lowest BCUT2D eigenvalue weighted by molar-refractivity contribution is -0.0570. The van der Waals surface area contributed by atoms with Crippen LogP contribution in [-0.4, -0.2) is 34.2 Å². The maximum Gasteiger partial charge on any atom is 0.0868 e. The minimum Gasteiger partial charge on any atom is -0.351 e. The second-order valence-electron chi connectivity index (χ2n) is 26.1. The summed E-state index contributed by atoms with van der Waals surface area (Å²) < 4.78 is 0. The number of nitrogens with zero attached hydrogens (tertiary/aromatic N) is 4. The van der Waals surface area contributed by atoms with E-state index in [0.717, 1.165) is 0 Å². The first-order chi connectivity index (χ1) is 36.4. The zero-order valence-electron chi connectivity index (χ0n) is 45.8. The van der Waals surface area contributed by atoms with E-state index in [1.165, 1.54) is 164 Å². The summed E-state index contributed by atoms with van der Waals surface area (Å²) in [4.78, 5) is 12.6. The largest absolute Gasteiger partial charge is 0.351 e. The average molecular weight is 986 g/mol. The summed E-state index contributed by atoms with van der Waals surface area (Å²) in [6, 6.07) is 51.0. The minimum atomic E-state index is -0.117. The maximum absolute atomic E-state index is 3.33. The first kappa shape index (κ1) is 48.0. The van der Waals surface area contributed by atoms with Crippen LogP contribution in [0.15, 0.2) is 121 Å². The van der Waals surface area contributed by atoms with E-state index < -0.39 is 0 Å². The van der Waals surface area contributed by atoms with E-state index in [9.17, 15) is 0 Å². The van der Waals surface area contributed by atoms with Crippen molar-refractivity contribution in [1.82, 2.24) is 9.80 Å². The Morgan fingerprint density at radius 3 is 1.58 bits per heavy atom. The average Bonchev–Trinajstić information content (AvgIpc) is 4.33. The third-order valence-corrected chi connectivity index (χ3v) is 22.7. The Balaban J connectivity index is 0.849. The van der Waals surface area contributed by atoms with Crippen molar-refractivity contribution in [3.63, 3.8) is 0 Å². The van der Waals surface area contributed by atoms with Crippen LogP contribution in [0.5, 0.6) is 0 Å². The predicted molar refractivity (Wildman–Crippen MR) is 307 cm³/mol. The summed E-state index contributed by atoms with van der Waals surface area (Å²) in [6.07, 6.45) is 30.8. The van der Waals surface area contributed by atoms with E-state index in [2.05, 4.69) is 169 Å². The highest BCUT2D eigenvalue weighted by Crippen LogP contribution is 2.68. The Morgan fingerprint density at radius 2 is 0.932 bits per heavy atom. The van der Waals surface area contributed by atoms with Gasteiger partial charge in [0.1, 0.15) is 0 Å². The molecule has 0 spiro atoms. The predicted octanol–water partition coefficient (Wildman–Crippen LogP) is 17.4. The fourth-order valence-corrected chi connectivity index (χ4v) is 20.0. The topological polar surface area (TPSA) is 13.0 Å². The number of rotatable bonds is 9. The number of hydrogen-bond acceptors (Lipinski definition) is 4. The van der Waals surface area contributed by atoms with Crippen molar-refractivity contribution in [1.29, 1.82) is 0 Å². The Bertz CT molecular complexity index is 2790. The van der Waals surface area contributed by atoms with Gasteiger partial charge in [0.25, 0.3) is 0 Å². The molecule has 74 heavy (non-hydrogen) atoms. The molecule has 5 saturated carbocycles. The highest BCUT2D eigenvalue weighted by molar-refractivity contribution is 5.63. The van der Waals surface area contributed by atoms with Gasteiger partial charge in [-0.1, -0.05) is 180 Å². The number of benzene rings is 5. The molecule has 5 aromatic rings. The lowest BCUT2D eigenvalue weighted by atomic mass is 9.66. The SMILES string of the molecule is Cc1cc(C2CCC(C3(C4CCCC4)c4ccccc4C4[C@H](C)N(c5ccccc5C)C(C5CCCCC5)N43)C2)ccc1N1C(C2CCCCC2)N2C(c3ccccc3C2(c2ccccc2)C2CCCCC2)[C@@H]1C. The maximum atomic E-state index is 3.33. The van der Waals surface area contributed by atoms with Gasteiger partial charge in [0.2, 0.25) is 0 Å². The molecule has 8 unspecified atom stereocenters. The molecule has 4 heterocycles. The van der Waals surface area contributed by atoms with Crippen LogP contribution in [-0.2, 0) is 11.1 Å². The molecule has 4 aliphatic heterocycles. The lowest BCUT2D eigenvalue weighted by Crippen LogP contribution is -2.58. The Kier molecular flexibility index (Phi) is 12.5. The number of aryl methyl sites for hydroxylation is 2. The fourth-order valence-electron chi connectivity index (χ4n) is 20.0. The van der Waals surface area contributed by atoms with Crippen LogP contribution >= 0.6 is 0 Å². The monoisotopic (exact) mass is 985 g/mol. The van der Waals surface area contributed by atoms with Gasteiger partial charge in [0.05, 0.1) is 35.5 Å². The smallest absolute Gasteiger partial charge is 0.0868 e. The summed E-state index contributed by atoms with van der Waals surface area (Å²) in [6.45, 7) is 10.1. The first-order valence-corrected chi connectivity index (χ1v) is 31.0. The van der Waals surface area contributed by atoms with Crippen LogP contribution in [0.4, 0.5) is 11.4 Å². The van der Waals surface area contributed by atoms with Crippen molar-refractivity contribution in [2.75, 3.05) is 9.80 Å². The number of fused-ring (bicyclic) bond motifs is 6. The third-order valence-electron chi connectivity index (χ3n) is 22.7. The van der Waals surface area contributed by atoms with Gasteiger partial charge in [-0.3, -0.25) is 9.80 Å². The second-order valence-corrected chi connectivity index (χ2v) is 26.1. The van der Waals surface area contributed by atoms with Crippen LogP contribution in [0.1, 0.15) is 218 Å². The molecule has 4 heteroatoms. The zero-order valence-corrected chi connectivity index (χ0v) is 45.8. The van der Waals surface area contributed by atoms with Gasteiger partial charge in [-0.25, -0.2) is 0 Å². The lowest BCUT2D eigenvalue weighted by Gasteiger charge is -2.53. The van der Waals surface area contributed by atoms with E-state index in [4.69, 9.17) is 0 Å². The van der Waals surface area contributed by atoms with Gasteiger partial charge in [-0.2, -0.15) is 0 Å². The van der Waals surface area contributed by atoms with Crippen molar-refractivity contribution >= 4 is 11.4 Å². The highest BCUT2D eigenvalue weighted by atomic mass is 15.5. The number of para-hydroxylation sites is 1. The van der Waals surface area contributed by atoms with Gasteiger partial charge in [0, 0.05) is 23.5 Å². The summed E-state index contributed by atoms with van der Waals surface area (Å²) in [5.41, 5.74) is 15.7. The van der Waals surface area contributed by atoms with Gasteiger partial charge in [-0.15, -0.1) is 0 Å². The van der Waals surface area contributed by atoms with E-state index in [1.807, 2.05) is 0 Å². The van der Waals surface area contributed by atoms with Crippen molar-refractivity contribution < 1.29 is 0 Å². The standard InChI is InChI=1S/C70H88N4/c1-47-25-17-24-40-63(47)71-49(3)66-60-37-21-23-39-62(60)70(57-34-18-19-35-57,74(66)67(71)51-26-9-5-10-27-51)58-43-41-54(46-58)53-42-44-64(48(2)45-53)72-50(4)65-59-36-20-22-38-61(59)69(55-30-13-7-14-31-55,56-32-15-8-16-33-56)73(65)68(72)52-28-11-6-12-29-52/h7,13-14,17,20-25,30-31,36-40,42,44-45,49-52,54,56-58,65-68H,5-6,8-12,15-16,18-19,26-29,32-35,41,43,46H2,1-4H3/t49-,50-,54?,58?,65?,66?,67?,68?,69?,70?/m0/s1. The molecular weight excluding hydrogens is 897 g/mol. The fraction of sp³-hybridized carbons (Fsp3) is 0.571. The summed E-state index contributed by atoms with van der Waals surface area (Å²) in [7, 11) is 0. The van der Waals surface area contributed by atoms with E-state index >= 15 is 0 Å². The zero-order chi connectivity index (χ0) is 49.7. The van der Waals surface area contributed by atoms with Crippen molar-refractivity contribution in [2.45, 2.75) is 222 Å².